The molecule has 1 aromatic rings. The number of nitrogens with one attached hydrogen (secondary N) is 1. The molecule has 1 N–H and O–H groups in total. The van der Waals surface area contributed by atoms with Gasteiger partial charge in [0, 0.05) is 25.7 Å². The van der Waals surface area contributed by atoms with Crippen LogP contribution in [-0.4, -0.2) is 60.4 Å². The molecule has 0 bridgehead atoms. The first kappa shape index (κ1) is 14.0. The normalized spacial score (nSPS) is 16.6. The lowest BCUT2D eigenvalue weighted by Crippen LogP contribution is -2.38. The molecule has 0 amide bonds. The zero-order valence-electron chi connectivity index (χ0n) is 11.6. The van der Waals surface area contributed by atoms with Crippen molar-refractivity contribution in [1.82, 2.24) is 14.9 Å². The summed E-state index contributed by atoms with van der Waals surface area (Å²) in [4.78, 5) is 10.8. The zero-order valence-corrected chi connectivity index (χ0v) is 11.6. The van der Waals surface area contributed by atoms with E-state index in [1.54, 1.807) is 12.4 Å². The van der Waals surface area contributed by atoms with E-state index in [4.69, 9.17) is 9.47 Å². The Kier molecular flexibility index (Phi) is 5.35. The van der Waals surface area contributed by atoms with Gasteiger partial charge in [-0.2, -0.15) is 4.98 Å². The van der Waals surface area contributed by atoms with Crippen LogP contribution in [0.15, 0.2) is 12.4 Å². The molecule has 0 radical (unpaired) electrons. The van der Waals surface area contributed by atoms with Gasteiger partial charge in [-0.1, -0.05) is 0 Å². The number of ether oxygens (including phenoxy) is 2. The maximum Gasteiger partial charge on any atom is 0.234 e. The fraction of sp³-hybridized carbons (Fsp3) is 0.692. The molecule has 6 heteroatoms. The lowest BCUT2D eigenvalue weighted by molar-refractivity contribution is 0.0320. The molecule has 0 atom stereocenters. The highest BCUT2D eigenvalue weighted by Gasteiger charge is 2.10. The molecule has 2 rings (SSSR count). The van der Waals surface area contributed by atoms with E-state index in [1.165, 1.54) is 0 Å². The number of morpholine rings is 1. The van der Waals surface area contributed by atoms with Gasteiger partial charge >= 0.3 is 0 Å². The summed E-state index contributed by atoms with van der Waals surface area (Å²) >= 11 is 0. The molecule has 1 aromatic heterocycles. The van der Waals surface area contributed by atoms with E-state index in [-0.39, 0.29) is 0 Å². The van der Waals surface area contributed by atoms with Crippen molar-refractivity contribution in [3.05, 3.63) is 12.4 Å². The third kappa shape index (κ3) is 5.00. The van der Waals surface area contributed by atoms with Crippen molar-refractivity contribution in [3.63, 3.8) is 0 Å². The number of rotatable bonds is 6. The van der Waals surface area contributed by atoms with Crippen LogP contribution >= 0.6 is 0 Å². The Balaban J connectivity index is 1.75. The molecule has 19 heavy (non-hydrogen) atoms. The molecule has 2 heterocycles. The highest BCUT2D eigenvalue weighted by atomic mass is 16.5. The van der Waals surface area contributed by atoms with Gasteiger partial charge in [0.25, 0.3) is 0 Å². The monoisotopic (exact) mass is 266 g/mol. The van der Waals surface area contributed by atoms with E-state index < -0.39 is 0 Å². The third-order valence-electron chi connectivity index (χ3n) is 2.81. The summed E-state index contributed by atoms with van der Waals surface area (Å²) in [6, 6.07) is 0.331. The van der Waals surface area contributed by atoms with Crippen LogP contribution in [0.2, 0.25) is 0 Å². The van der Waals surface area contributed by atoms with Crippen molar-refractivity contribution < 1.29 is 9.47 Å². The summed E-state index contributed by atoms with van der Waals surface area (Å²) < 4.78 is 10.9. The van der Waals surface area contributed by atoms with E-state index in [0.29, 0.717) is 18.5 Å². The van der Waals surface area contributed by atoms with Gasteiger partial charge in [-0.05, 0) is 13.8 Å². The summed E-state index contributed by atoms with van der Waals surface area (Å²) in [5, 5.41) is 3.20. The van der Waals surface area contributed by atoms with E-state index in [2.05, 4.69) is 34.0 Å². The molecule has 0 unspecified atom stereocenters. The number of anilines is 1. The second-order valence-corrected chi connectivity index (χ2v) is 4.84. The fourth-order valence-electron chi connectivity index (χ4n) is 1.89. The largest absolute Gasteiger partial charge is 0.475 e. The molecule has 0 saturated carbocycles. The smallest absolute Gasteiger partial charge is 0.234 e. The van der Waals surface area contributed by atoms with Crippen LogP contribution in [0.5, 0.6) is 5.88 Å². The average Bonchev–Trinajstić information content (AvgIpc) is 2.40. The fourth-order valence-corrected chi connectivity index (χ4v) is 1.89. The Bertz CT molecular complexity index is 381. The van der Waals surface area contributed by atoms with Crippen LogP contribution in [0.1, 0.15) is 13.8 Å². The predicted octanol–water partition coefficient (Wildman–Crippen LogP) is 1.01. The first-order chi connectivity index (χ1) is 9.24. The SMILES string of the molecule is CC(C)Nc1cncc(OCCN2CCOCC2)n1. The number of hydrogen-bond donors (Lipinski definition) is 1. The Labute approximate surface area is 114 Å². The summed E-state index contributed by atoms with van der Waals surface area (Å²) in [6.45, 7) is 9.23. The molecule has 0 aliphatic carbocycles. The van der Waals surface area contributed by atoms with Gasteiger partial charge in [-0.15, -0.1) is 0 Å². The van der Waals surface area contributed by atoms with Gasteiger partial charge < -0.3 is 14.8 Å². The van der Waals surface area contributed by atoms with Crippen molar-refractivity contribution in [2.45, 2.75) is 19.9 Å². The molecule has 1 saturated heterocycles. The van der Waals surface area contributed by atoms with Gasteiger partial charge in [0.15, 0.2) is 0 Å². The lowest BCUT2D eigenvalue weighted by atomic mass is 10.4. The minimum atomic E-state index is 0.331. The molecular formula is C13H22N4O2. The van der Waals surface area contributed by atoms with Gasteiger partial charge in [0.2, 0.25) is 5.88 Å². The quantitative estimate of drug-likeness (QED) is 0.829. The van der Waals surface area contributed by atoms with Gasteiger partial charge in [-0.3, -0.25) is 9.88 Å². The summed E-state index contributed by atoms with van der Waals surface area (Å²) in [6.07, 6.45) is 3.35. The van der Waals surface area contributed by atoms with Gasteiger partial charge in [0.1, 0.15) is 12.4 Å². The van der Waals surface area contributed by atoms with E-state index >= 15 is 0 Å². The maximum absolute atomic E-state index is 5.63. The third-order valence-corrected chi connectivity index (χ3v) is 2.81. The standard InChI is InChI=1S/C13H22N4O2/c1-11(2)15-12-9-14-10-13(16-12)19-8-5-17-3-6-18-7-4-17/h9-11H,3-8H2,1-2H3,(H,15,16). The summed E-state index contributed by atoms with van der Waals surface area (Å²) in [7, 11) is 0. The molecule has 106 valence electrons. The number of aromatic nitrogens is 2. The summed E-state index contributed by atoms with van der Waals surface area (Å²) in [5.74, 6) is 1.32. The molecule has 1 fully saturated rings. The zero-order chi connectivity index (χ0) is 13.5. The van der Waals surface area contributed by atoms with Crippen molar-refractivity contribution in [1.29, 1.82) is 0 Å². The Morgan fingerprint density at radius 2 is 2.16 bits per heavy atom. The van der Waals surface area contributed by atoms with Crippen LogP contribution in [0.3, 0.4) is 0 Å². The highest BCUT2D eigenvalue weighted by molar-refractivity contribution is 5.33. The first-order valence-electron chi connectivity index (χ1n) is 6.75. The van der Waals surface area contributed by atoms with Crippen LogP contribution in [0.25, 0.3) is 0 Å². The van der Waals surface area contributed by atoms with E-state index in [9.17, 15) is 0 Å². The van der Waals surface area contributed by atoms with Crippen LogP contribution in [-0.2, 0) is 4.74 Å². The van der Waals surface area contributed by atoms with Crippen LogP contribution in [0.4, 0.5) is 5.82 Å². The second kappa shape index (κ2) is 7.25. The minimum Gasteiger partial charge on any atom is -0.475 e. The number of nitrogens with zero attached hydrogens (tertiary/aromatic N) is 3. The molecule has 0 spiro atoms. The lowest BCUT2D eigenvalue weighted by Gasteiger charge is -2.26. The van der Waals surface area contributed by atoms with Crippen molar-refractivity contribution in [2.75, 3.05) is 44.8 Å². The maximum atomic E-state index is 5.63. The van der Waals surface area contributed by atoms with E-state index in [1.807, 2.05) is 0 Å². The average molecular weight is 266 g/mol. The first-order valence-corrected chi connectivity index (χ1v) is 6.75. The van der Waals surface area contributed by atoms with Crippen LogP contribution < -0.4 is 10.1 Å². The van der Waals surface area contributed by atoms with Crippen molar-refractivity contribution in [2.24, 2.45) is 0 Å². The highest BCUT2D eigenvalue weighted by Crippen LogP contribution is 2.10. The molecule has 1 aliphatic rings. The van der Waals surface area contributed by atoms with E-state index in [0.717, 1.165) is 38.7 Å². The molecule has 6 nitrogen and oxygen atoms in total. The minimum absolute atomic E-state index is 0.331. The van der Waals surface area contributed by atoms with Crippen molar-refractivity contribution in [3.8, 4) is 5.88 Å². The van der Waals surface area contributed by atoms with Crippen molar-refractivity contribution >= 4 is 5.82 Å². The Morgan fingerprint density at radius 1 is 1.37 bits per heavy atom. The molecular weight excluding hydrogens is 244 g/mol. The predicted molar refractivity (Wildman–Crippen MR) is 73.5 cm³/mol. The second-order valence-electron chi connectivity index (χ2n) is 4.84. The molecule has 0 aromatic carbocycles. The Hall–Kier alpha value is -1.40. The summed E-state index contributed by atoms with van der Waals surface area (Å²) in [5.41, 5.74) is 0. The topological polar surface area (TPSA) is 59.5 Å². The number of hydrogen-bond acceptors (Lipinski definition) is 6. The van der Waals surface area contributed by atoms with Gasteiger partial charge in [-0.25, -0.2) is 0 Å². The molecule has 1 aliphatic heterocycles. The van der Waals surface area contributed by atoms with Gasteiger partial charge in [0.05, 0.1) is 25.6 Å². The Morgan fingerprint density at radius 3 is 2.89 bits per heavy atom. The van der Waals surface area contributed by atoms with Crippen LogP contribution in [0, 0.1) is 0 Å².